The third-order valence-electron chi connectivity index (χ3n) is 5.48. The largest absolute Gasteiger partial charge is 0.419 e. The van der Waals surface area contributed by atoms with Crippen molar-refractivity contribution < 1.29 is 26.7 Å². The second kappa shape index (κ2) is 9.51. The first kappa shape index (κ1) is 25.3. The fraction of sp³-hybridized carbons (Fsp3) is 0.261. The van der Waals surface area contributed by atoms with Crippen LogP contribution in [0.3, 0.4) is 0 Å². The highest BCUT2D eigenvalue weighted by atomic mass is 31.1. The lowest BCUT2D eigenvalue weighted by molar-refractivity contribution is -0.138. The second-order valence-electron chi connectivity index (χ2n) is 7.52. The molecule has 0 saturated heterocycles. The van der Waals surface area contributed by atoms with Gasteiger partial charge in [-0.2, -0.15) is 18.4 Å². The molecule has 11 heteroatoms. The molecule has 0 spiro atoms. The minimum atomic E-state index is -4.83. The minimum Gasteiger partial charge on any atom is -0.355 e. The van der Waals surface area contributed by atoms with E-state index in [0.29, 0.717) is 6.42 Å². The van der Waals surface area contributed by atoms with Crippen LogP contribution in [0.25, 0.3) is 0 Å². The molecule has 1 saturated carbocycles. The lowest BCUT2D eigenvalue weighted by Crippen LogP contribution is -2.49. The molecule has 1 aliphatic rings. The number of hydrogen-bond donors (Lipinski definition) is 1. The average Bonchev–Trinajstić information content (AvgIpc) is 2.77. The molecule has 3 rings (SSSR count). The molecule has 1 amide bonds. The summed E-state index contributed by atoms with van der Waals surface area (Å²) in [6.07, 6.45) is -2.96. The van der Waals surface area contributed by atoms with E-state index < -0.39 is 42.9 Å². The van der Waals surface area contributed by atoms with Crippen molar-refractivity contribution in [1.29, 1.82) is 5.26 Å². The number of aromatic nitrogens is 1. The van der Waals surface area contributed by atoms with Crippen LogP contribution in [0, 0.1) is 17.1 Å². The summed E-state index contributed by atoms with van der Waals surface area (Å²) in [5, 5.41) is 11.4. The molecule has 0 bridgehead atoms. The van der Waals surface area contributed by atoms with Gasteiger partial charge in [0.1, 0.15) is 11.9 Å². The van der Waals surface area contributed by atoms with Crippen LogP contribution < -0.4 is 15.5 Å². The number of amides is 1. The van der Waals surface area contributed by atoms with Crippen molar-refractivity contribution in [2.45, 2.75) is 31.2 Å². The molecule has 1 fully saturated rings. The number of hydrogen-bond acceptors (Lipinski definition) is 4. The highest BCUT2D eigenvalue weighted by molar-refractivity contribution is 7.72. The van der Waals surface area contributed by atoms with Gasteiger partial charge in [-0.1, -0.05) is 19.0 Å². The van der Waals surface area contributed by atoms with Crippen molar-refractivity contribution >= 4 is 24.8 Å². The van der Waals surface area contributed by atoms with Gasteiger partial charge in [-0.05, 0) is 38.6 Å². The average molecular weight is 494 g/mol. The first-order valence-electron chi connectivity index (χ1n) is 10.1. The number of halogens is 5. The van der Waals surface area contributed by atoms with E-state index in [1.807, 2.05) is 0 Å². The number of carbonyl (C=O) groups excluding carboxylic acids is 1. The van der Waals surface area contributed by atoms with Crippen molar-refractivity contribution in [2.75, 3.05) is 11.9 Å². The van der Waals surface area contributed by atoms with E-state index in [1.165, 1.54) is 31.1 Å². The molecule has 34 heavy (non-hydrogen) atoms. The number of rotatable bonds is 7. The number of nitrogens with zero attached hydrogens (tertiary/aromatic N) is 3. The molecule has 1 N–H and O–H groups in total. The maximum atomic E-state index is 15.8. The van der Waals surface area contributed by atoms with E-state index in [9.17, 15) is 22.4 Å². The van der Waals surface area contributed by atoms with Crippen molar-refractivity contribution in [3.8, 4) is 6.07 Å². The Hall–Kier alpha value is -3.31. The van der Waals surface area contributed by atoms with Crippen LogP contribution in [0.4, 0.5) is 27.6 Å². The fourth-order valence-electron chi connectivity index (χ4n) is 3.62. The molecule has 1 unspecified atom stereocenters. The zero-order valence-corrected chi connectivity index (χ0v) is 19.0. The van der Waals surface area contributed by atoms with Crippen LogP contribution >= 0.6 is 7.92 Å². The third-order valence-corrected chi connectivity index (χ3v) is 7.41. The van der Waals surface area contributed by atoms with Crippen LogP contribution in [-0.4, -0.2) is 23.7 Å². The molecule has 1 aliphatic carbocycles. The summed E-state index contributed by atoms with van der Waals surface area (Å²) >= 11 is 0. The zero-order chi connectivity index (χ0) is 25.3. The summed E-state index contributed by atoms with van der Waals surface area (Å²) in [4.78, 5) is 16.6. The van der Waals surface area contributed by atoms with Gasteiger partial charge in [-0.25, -0.2) is 13.8 Å². The third kappa shape index (κ3) is 4.66. The number of nitrogens with one attached hydrogen (secondary N) is 1. The summed E-state index contributed by atoms with van der Waals surface area (Å²) < 4.78 is 70.8. The first-order valence-corrected chi connectivity index (χ1v) is 11.5. The Balaban J connectivity index is 2.09. The highest BCUT2D eigenvalue weighted by Gasteiger charge is 2.46. The van der Waals surface area contributed by atoms with E-state index in [2.05, 4.69) is 23.5 Å². The molecular weight excluding hydrogens is 474 g/mol. The maximum absolute atomic E-state index is 15.8. The lowest BCUT2D eigenvalue weighted by atomic mass is 9.88. The smallest absolute Gasteiger partial charge is 0.355 e. The Morgan fingerprint density at radius 2 is 2.03 bits per heavy atom. The number of pyridine rings is 1. The normalized spacial score (nSPS) is 15.4. The van der Waals surface area contributed by atoms with Crippen LogP contribution in [0.2, 0.25) is 0 Å². The van der Waals surface area contributed by atoms with Crippen molar-refractivity contribution in [3.63, 3.8) is 0 Å². The van der Waals surface area contributed by atoms with Crippen LogP contribution in [0.15, 0.2) is 54.9 Å². The van der Waals surface area contributed by atoms with Gasteiger partial charge in [-0.3, -0.25) is 4.79 Å². The van der Waals surface area contributed by atoms with E-state index in [1.54, 1.807) is 0 Å². The Morgan fingerprint density at radius 3 is 2.50 bits per heavy atom. The molecule has 1 aromatic carbocycles. The topological polar surface area (TPSA) is 69.0 Å². The van der Waals surface area contributed by atoms with Crippen LogP contribution in [-0.2, 0) is 6.18 Å². The van der Waals surface area contributed by atoms with Gasteiger partial charge in [0.25, 0.3) is 5.91 Å². The second-order valence-corrected chi connectivity index (χ2v) is 9.66. The molecule has 178 valence electrons. The molecule has 0 aliphatic heterocycles. The van der Waals surface area contributed by atoms with Crippen LogP contribution in [0.5, 0.6) is 0 Å². The van der Waals surface area contributed by atoms with E-state index in [-0.39, 0.29) is 34.8 Å². The van der Waals surface area contributed by atoms with Gasteiger partial charge in [0, 0.05) is 42.5 Å². The minimum absolute atomic E-state index is 0.0525. The van der Waals surface area contributed by atoms with Gasteiger partial charge in [-0.15, -0.1) is 0 Å². The Morgan fingerprint density at radius 1 is 1.35 bits per heavy atom. The number of nitriles is 1. The van der Waals surface area contributed by atoms with Gasteiger partial charge in [0.15, 0.2) is 11.5 Å². The summed E-state index contributed by atoms with van der Waals surface area (Å²) in [5.41, 5.74) is -2.12. The predicted molar refractivity (Wildman–Crippen MR) is 120 cm³/mol. The summed E-state index contributed by atoms with van der Waals surface area (Å²) in [6, 6.07) is 5.74. The quantitative estimate of drug-likeness (QED) is 0.311. The van der Waals surface area contributed by atoms with Gasteiger partial charge in [0.05, 0.1) is 11.1 Å². The number of benzene rings is 1. The summed E-state index contributed by atoms with van der Waals surface area (Å²) in [5.74, 6) is -2.15. The Labute approximate surface area is 194 Å². The van der Waals surface area contributed by atoms with Crippen molar-refractivity contribution in [2.24, 2.45) is 0 Å². The molecule has 5 nitrogen and oxygen atoms in total. The maximum Gasteiger partial charge on any atom is 0.419 e. The molecule has 2 aromatic rings. The van der Waals surface area contributed by atoms with Crippen LogP contribution in [0.1, 0.15) is 40.9 Å². The summed E-state index contributed by atoms with van der Waals surface area (Å²) in [6.45, 7) is 7.61. The summed E-state index contributed by atoms with van der Waals surface area (Å²) in [7, 11) is -0.506. The number of anilines is 1. The molecule has 1 atom stereocenters. The molecule has 1 heterocycles. The van der Waals surface area contributed by atoms with Gasteiger partial charge in [0.2, 0.25) is 0 Å². The molecule has 1 aromatic heterocycles. The number of carbonyl (C=O) groups is 1. The zero-order valence-electron chi connectivity index (χ0n) is 18.1. The first-order chi connectivity index (χ1) is 16.0. The molecular formula is C23H20F5N4OP. The van der Waals surface area contributed by atoms with Crippen molar-refractivity contribution in [1.82, 2.24) is 10.3 Å². The number of alkyl halides is 4. The Kier molecular flexibility index (Phi) is 7.08. The fourth-order valence-corrected chi connectivity index (χ4v) is 5.30. The Bertz CT molecular complexity index is 1190. The lowest BCUT2D eigenvalue weighted by Gasteiger charge is -2.47. The highest BCUT2D eigenvalue weighted by Crippen LogP contribution is 2.53. The van der Waals surface area contributed by atoms with Gasteiger partial charge >= 0.3 is 6.18 Å². The van der Waals surface area contributed by atoms with E-state index in [4.69, 9.17) is 5.26 Å². The predicted octanol–water partition coefficient (Wildman–Crippen LogP) is 5.55. The van der Waals surface area contributed by atoms with Crippen molar-refractivity contribution in [3.05, 3.63) is 77.5 Å². The van der Waals surface area contributed by atoms with E-state index >= 15 is 4.39 Å². The standard InChI is InChI=1S/C23H20F5N4OP/c1-4-34(16-11-18(23(26,27)28)20(12-29)31-13-16)14(2)32(22(25)8-5-9-22)15-6-7-17(19(24)10-15)21(33)30-3/h4,6-7,10-11,13H,1-2,5,8-9H2,3H3,(H,30,33). The van der Waals surface area contributed by atoms with Gasteiger partial charge < -0.3 is 10.2 Å². The van der Waals surface area contributed by atoms with E-state index in [0.717, 1.165) is 23.2 Å². The monoisotopic (exact) mass is 494 g/mol. The molecule has 0 radical (unpaired) electrons. The SMILES string of the molecule is C=CP(C(=C)N(c1ccc(C(=O)NC)c(F)c1)C1(F)CCC1)c1cnc(C#N)c(C(F)(F)F)c1.